The SMILES string of the molecule is CCN(C(=O)c1ccc(Cl)c(S(=O)(=O)N2C[C@@H](C)O[C@@H](C)C2)c1)C1C2CC3CC(C2)CC1C3. The van der Waals surface area contributed by atoms with Crippen molar-refractivity contribution in [2.24, 2.45) is 23.7 Å². The minimum Gasteiger partial charge on any atom is -0.373 e. The number of hydrogen-bond acceptors (Lipinski definition) is 4. The van der Waals surface area contributed by atoms with E-state index in [1.165, 1.54) is 42.5 Å². The second-order valence-corrected chi connectivity index (χ2v) is 13.1. The Balaban J connectivity index is 1.43. The van der Waals surface area contributed by atoms with E-state index in [0.29, 0.717) is 23.9 Å². The monoisotopic (exact) mass is 494 g/mol. The second kappa shape index (κ2) is 8.81. The van der Waals surface area contributed by atoms with Gasteiger partial charge in [-0.3, -0.25) is 4.79 Å². The topological polar surface area (TPSA) is 66.9 Å². The summed E-state index contributed by atoms with van der Waals surface area (Å²) in [6.07, 6.45) is 5.91. The zero-order valence-corrected chi connectivity index (χ0v) is 21.3. The molecule has 1 saturated heterocycles. The Hall–Kier alpha value is -1.15. The Morgan fingerprint density at radius 2 is 1.64 bits per heavy atom. The van der Waals surface area contributed by atoms with Crippen molar-refractivity contribution in [3.63, 3.8) is 0 Å². The Kier molecular flexibility index (Phi) is 6.30. The number of amides is 1. The lowest BCUT2D eigenvalue weighted by Gasteiger charge is -2.57. The lowest BCUT2D eigenvalue weighted by atomic mass is 9.54. The molecule has 5 aliphatic rings. The van der Waals surface area contributed by atoms with Crippen LogP contribution in [0.25, 0.3) is 0 Å². The number of hydrogen-bond donors (Lipinski definition) is 0. The molecule has 6 rings (SSSR count). The molecule has 8 heteroatoms. The highest BCUT2D eigenvalue weighted by molar-refractivity contribution is 7.89. The molecule has 6 nitrogen and oxygen atoms in total. The minimum absolute atomic E-state index is 0.0115. The average Bonchev–Trinajstić information content (AvgIpc) is 2.75. The van der Waals surface area contributed by atoms with Crippen molar-refractivity contribution in [2.75, 3.05) is 19.6 Å². The van der Waals surface area contributed by atoms with Crippen molar-refractivity contribution in [3.8, 4) is 0 Å². The molecule has 0 unspecified atom stereocenters. The Morgan fingerprint density at radius 3 is 2.18 bits per heavy atom. The molecule has 0 aromatic heterocycles. The Morgan fingerprint density at radius 1 is 1.06 bits per heavy atom. The van der Waals surface area contributed by atoms with Crippen LogP contribution in [0.4, 0.5) is 0 Å². The molecule has 0 N–H and O–H groups in total. The van der Waals surface area contributed by atoms with Crippen LogP contribution in [0.15, 0.2) is 23.1 Å². The molecule has 4 aliphatic carbocycles. The van der Waals surface area contributed by atoms with Gasteiger partial charge >= 0.3 is 0 Å². The normalized spacial score (nSPS) is 36.2. The molecule has 182 valence electrons. The molecule has 0 spiro atoms. The second-order valence-electron chi connectivity index (χ2n) is 10.7. The van der Waals surface area contributed by atoms with E-state index in [-0.39, 0.29) is 47.2 Å². The van der Waals surface area contributed by atoms with Crippen LogP contribution >= 0.6 is 11.6 Å². The van der Waals surface area contributed by atoms with E-state index in [1.807, 2.05) is 25.7 Å². The van der Waals surface area contributed by atoms with Gasteiger partial charge in [-0.15, -0.1) is 0 Å². The van der Waals surface area contributed by atoms with Crippen molar-refractivity contribution in [1.82, 2.24) is 9.21 Å². The van der Waals surface area contributed by atoms with Gasteiger partial charge in [-0.1, -0.05) is 11.6 Å². The predicted octanol–water partition coefficient (Wildman–Crippen LogP) is 4.42. The molecule has 4 bridgehead atoms. The number of ether oxygens (including phenoxy) is 1. The number of carbonyl (C=O) groups is 1. The first-order valence-electron chi connectivity index (χ1n) is 12.4. The summed E-state index contributed by atoms with van der Waals surface area (Å²) >= 11 is 6.38. The number of benzene rings is 1. The number of rotatable bonds is 5. The number of nitrogens with zero attached hydrogens (tertiary/aromatic N) is 2. The van der Waals surface area contributed by atoms with Crippen LogP contribution < -0.4 is 0 Å². The molecule has 33 heavy (non-hydrogen) atoms. The summed E-state index contributed by atoms with van der Waals surface area (Å²) in [4.78, 5) is 15.8. The zero-order chi connectivity index (χ0) is 23.5. The zero-order valence-electron chi connectivity index (χ0n) is 19.7. The lowest BCUT2D eigenvalue weighted by Crippen LogP contribution is -2.57. The van der Waals surface area contributed by atoms with Crippen LogP contribution in [-0.4, -0.2) is 61.4 Å². The van der Waals surface area contributed by atoms with Crippen molar-refractivity contribution in [2.45, 2.75) is 76.0 Å². The minimum atomic E-state index is -3.84. The average molecular weight is 495 g/mol. The van der Waals surface area contributed by atoms with Crippen LogP contribution in [0, 0.1) is 23.7 Å². The van der Waals surface area contributed by atoms with Crippen LogP contribution in [0.3, 0.4) is 0 Å². The van der Waals surface area contributed by atoms with E-state index in [9.17, 15) is 13.2 Å². The number of sulfonamides is 1. The molecule has 1 aliphatic heterocycles. The molecule has 0 radical (unpaired) electrons. The van der Waals surface area contributed by atoms with Gasteiger partial charge in [-0.25, -0.2) is 8.42 Å². The smallest absolute Gasteiger partial charge is 0.254 e. The Bertz CT molecular complexity index is 991. The standard InChI is InChI=1S/C25H35ClN2O4S/c1-4-28(24-20-8-17-7-18(10-20)11-21(24)9-17)25(29)19-5-6-22(26)23(12-19)33(30,31)27-13-15(2)32-16(3)14-27/h5-6,12,15-18,20-21,24H,4,7-11,13-14H2,1-3H3/t15-,16+,17?,18?,20?,21?,24?. The maximum absolute atomic E-state index is 13.7. The summed E-state index contributed by atoms with van der Waals surface area (Å²) in [7, 11) is -3.84. The Labute approximate surface area is 202 Å². The van der Waals surface area contributed by atoms with Gasteiger partial charge in [-0.05, 0) is 94.7 Å². The van der Waals surface area contributed by atoms with Crippen molar-refractivity contribution >= 4 is 27.5 Å². The van der Waals surface area contributed by atoms with Crippen molar-refractivity contribution in [1.29, 1.82) is 0 Å². The molecule has 1 heterocycles. The fraction of sp³-hybridized carbons (Fsp3) is 0.720. The quantitative estimate of drug-likeness (QED) is 0.607. The highest BCUT2D eigenvalue weighted by Crippen LogP contribution is 2.55. The molecule has 1 amide bonds. The van der Waals surface area contributed by atoms with Crippen LogP contribution in [0.1, 0.15) is 63.2 Å². The van der Waals surface area contributed by atoms with Gasteiger partial charge in [-0.2, -0.15) is 4.31 Å². The molecule has 1 aromatic rings. The lowest BCUT2D eigenvalue weighted by molar-refractivity contribution is -0.0543. The highest BCUT2D eigenvalue weighted by atomic mass is 35.5. The van der Waals surface area contributed by atoms with E-state index < -0.39 is 10.0 Å². The molecular weight excluding hydrogens is 460 g/mol. The summed E-state index contributed by atoms with van der Waals surface area (Å²) in [6, 6.07) is 4.99. The summed E-state index contributed by atoms with van der Waals surface area (Å²) in [6.45, 7) is 6.95. The van der Waals surface area contributed by atoms with Crippen LogP contribution in [-0.2, 0) is 14.8 Å². The predicted molar refractivity (Wildman–Crippen MR) is 128 cm³/mol. The highest BCUT2D eigenvalue weighted by Gasteiger charge is 2.50. The van der Waals surface area contributed by atoms with Gasteiger partial charge in [0.25, 0.3) is 5.91 Å². The molecular formula is C25H35ClN2O4S. The van der Waals surface area contributed by atoms with E-state index in [4.69, 9.17) is 16.3 Å². The number of halogens is 1. The van der Waals surface area contributed by atoms with Gasteiger partial charge in [0.15, 0.2) is 0 Å². The van der Waals surface area contributed by atoms with Crippen LogP contribution in [0.5, 0.6) is 0 Å². The van der Waals surface area contributed by atoms with E-state index >= 15 is 0 Å². The van der Waals surface area contributed by atoms with Gasteiger partial charge in [0.05, 0.1) is 17.2 Å². The number of carbonyl (C=O) groups excluding carboxylic acids is 1. The fourth-order valence-electron chi connectivity index (χ4n) is 7.36. The van der Waals surface area contributed by atoms with Gasteiger partial charge in [0.1, 0.15) is 4.90 Å². The summed E-state index contributed by atoms with van der Waals surface area (Å²) in [5, 5.41) is 0.149. The summed E-state index contributed by atoms with van der Waals surface area (Å²) < 4.78 is 34.1. The molecule has 1 aromatic carbocycles. The third-order valence-corrected chi connectivity index (χ3v) is 10.6. The molecule has 5 fully saturated rings. The summed E-state index contributed by atoms with van der Waals surface area (Å²) in [5.41, 5.74) is 0.406. The van der Waals surface area contributed by atoms with Gasteiger partial charge < -0.3 is 9.64 Å². The first-order chi connectivity index (χ1) is 15.7. The van der Waals surface area contributed by atoms with Gasteiger partial charge in [0, 0.05) is 31.2 Å². The first kappa shape index (κ1) is 23.6. The molecule has 4 saturated carbocycles. The molecule has 2 atom stereocenters. The number of morpholine rings is 1. The first-order valence-corrected chi connectivity index (χ1v) is 14.2. The maximum Gasteiger partial charge on any atom is 0.254 e. The third kappa shape index (κ3) is 4.24. The van der Waals surface area contributed by atoms with E-state index in [1.54, 1.807) is 12.1 Å². The summed E-state index contributed by atoms with van der Waals surface area (Å²) in [5.74, 6) is 2.76. The third-order valence-electron chi connectivity index (χ3n) is 8.32. The van der Waals surface area contributed by atoms with Crippen LogP contribution in [0.2, 0.25) is 5.02 Å². The van der Waals surface area contributed by atoms with E-state index in [2.05, 4.69) is 0 Å². The van der Waals surface area contributed by atoms with E-state index in [0.717, 1.165) is 11.8 Å². The van der Waals surface area contributed by atoms with Crippen molar-refractivity contribution < 1.29 is 17.9 Å². The van der Waals surface area contributed by atoms with Crippen molar-refractivity contribution in [3.05, 3.63) is 28.8 Å². The van der Waals surface area contributed by atoms with Gasteiger partial charge in [0.2, 0.25) is 10.0 Å². The fourth-order valence-corrected chi connectivity index (χ4v) is 9.45. The largest absolute Gasteiger partial charge is 0.373 e. The maximum atomic E-state index is 13.7.